The molecule has 1 saturated heterocycles. The lowest BCUT2D eigenvalue weighted by molar-refractivity contribution is 0.256. The summed E-state index contributed by atoms with van der Waals surface area (Å²) in [6.07, 6.45) is 1.19. The molecule has 1 aromatic carbocycles. The molecule has 106 valence electrons. The number of benzene rings is 1. The molecule has 2 atom stereocenters. The summed E-state index contributed by atoms with van der Waals surface area (Å²) in [4.78, 5) is 4.93. The fraction of sp³-hybridized carbons (Fsp3) is 0.625. The van der Waals surface area contributed by atoms with E-state index in [9.17, 15) is 0 Å². The maximum absolute atomic E-state index is 6.02. The molecular formula is C16H27N3. The van der Waals surface area contributed by atoms with Gasteiger partial charge in [0.05, 0.1) is 6.04 Å². The van der Waals surface area contributed by atoms with Crippen LogP contribution in [0.4, 0.5) is 5.69 Å². The minimum Gasteiger partial charge on any atom is -0.366 e. The predicted octanol–water partition coefficient (Wildman–Crippen LogP) is 2.16. The summed E-state index contributed by atoms with van der Waals surface area (Å²) < 4.78 is 0. The van der Waals surface area contributed by atoms with Crippen LogP contribution < -0.4 is 10.6 Å². The molecular weight excluding hydrogens is 234 g/mol. The first kappa shape index (κ1) is 14.4. The Morgan fingerprint density at radius 1 is 1.21 bits per heavy atom. The fourth-order valence-corrected chi connectivity index (χ4v) is 3.00. The molecule has 19 heavy (non-hydrogen) atoms. The molecule has 1 aliphatic rings. The molecule has 3 nitrogen and oxygen atoms in total. The van der Waals surface area contributed by atoms with E-state index >= 15 is 0 Å². The van der Waals surface area contributed by atoms with Crippen LogP contribution in [0.1, 0.15) is 24.5 Å². The number of nitrogens with two attached hydrogens (primary N) is 1. The van der Waals surface area contributed by atoms with Crippen LogP contribution in [-0.4, -0.2) is 43.7 Å². The van der Waals surface area contributed by atoms with E-state index < -0.39 is 0 Å². The highest BCUT2D eigenvalue weighted by Gasteiger charge is 2.26. The van der Waals surface area contributed by atoms with Crippen LogP contribution in [0.5, 0.6) is 0 Å². The van der Waals surface area contributed by atoms with E-state index in [0.717, 1.165) is 13.1 Å². The van der Waals surface area contributed by atoms with Crippen molar-refractivity contribution in [2.24, 2.45) is 5.73 Å². The number of anilines is 1. The molecule has 2 N–H and O–H groups in total. The maximum Gasteiger partial charge on any atom is 0.0539 e. The van der Waals surface area contributed by atoms with Crippen molar-refractivity contribution in [2.75, 3.05) is 31.6 Å². The summed E-state index contributed by atoms with van der Waals surface area (Å²) >= 11 is 0. The Labute approximate surface area is 117 Å². The lowest BCUT2D eigenvalue weighted by Crippen LogP contribution is -2.45. The molecule has 2 unspecified atom stereocenters. The lowest BCUT2D eigenvalue weighted by Gasteiger charge is -2.32. The van der Waals surface area contributed by atoms with Crippen molar-refractivity contribution >= 4 is 5.69 Å². The predicted molar refractivity (Wildman–Crippen MR) is 82.8 cm³/mol. The van der Waals surface area contributed by atoms with Crippen molar-refractivity contribution in [1.82, 2.24) is 4.90 Å². The van der Waals surface area contributed by atoms with E-state index in [1.54, 1.807) is 0 Å². The monoisotopic (exact) mass is 261 g/mol. The minimum absolute atomic E-state index is 0.413. The molecule has 0 radical (unpaired) electrons. The third-order valence-corrected chi connectivity index (χ3v) is 4.29. The van der Waals surface area contributed by atoms with Gasteiger partial charge >= 0.3 is 0 Å². The normalized spacial score (nSPS) is 25.4. The van der Waals surface area contributed by atoms with E-state index in [4.69, 9.17) is 5.73 Å². The molecule has 0 amide bonds. The van der Waals surface area contributed by atoms with Gasteiger partial charge in [0.2, 0.25) is 0 Å². The zero-order valence-electron chi connectivity index (χ0n) is 12.7. The summed E-state index contributed by atoms with van der Waals surface area (Å²) in [5, 5.41) is 0. The van der Waals surface area contributed by atoms with Gasteiger partial charge in [-0.3, -0.25) is 0 Å². The topological polar surface area (TPSA) is 32.5 Å². The highest BCUT2D eigenvalue weighted by Crippen LogP contribution is 2.24. The zero-order chi connectivity index (χ0) is 14.0. The molecule has 1 fully saturated rings. The van der Waals surface area contributed by atoms with Crippen molar-refractivity contribution in [3.63, 3.8) is 0 Å². The quantitative estimate of drug-likeness (QED) is 0.885. The second-order valence-corrected chi connectivity index (χ2v) is 6.01. The van der Waals surface area contributed by atoms with Crippen LogP contribution in [0.3, 0.4) is 0 Å². The van der Waals surface area contributed by atoms with Crippen molar-refractivity contribution < 1.29 is 0 Å². The van der Waals surface area contributed by atoms with Gasteiger partial charge in [-0.1, -0.05) is 6.07 Å². The fourth-order valence-electron chi connectivity index (χ4n) is 3.00. The first-order chi connectivity index (χ1) is 9.01. The van der Waals surface area contributed by atoms with Gasteiger partial charge in [-0.15, -0.1) is 0 Å². The molecule has 0 bridgehead atoms. The van der Waals surface area contributed by atoms with Crippen LogP contribution in [-0.2, 0) is 0 Å². The van der Waals surface area contributed by atoms with Crippen molar-refractivity contribution in [3.8, 4) is 0 Å². The highest BCUT2D eigenvalue weighted by atomic mass is 15.3. The average molecular weight is 261 g/mol. The standard InChI is InChI=1S/C16H27N3/c1-12-7-13(2)9-15(8-12)19-6-5-14(3)18(4)11-16(19)10-17/h7-9,14,16H,5-6,10-11,17H2,1-4H3. The number of rotatable bonds is 2. The summed E-state index contributed by atoms with van der Waals surface area (Å²) in [6.45, 7) is 9.49. The van der Waals surface area contributed by atoms with Gasteiger partial charge in [0.1, 0.15) is 0 Å². The second-order valence-electron chi connectivity index (χ2n) is 6.01. The molecule has 0 saturated carbocycles. The molecule has 0 aliphatic carbocycles. The van der Waals surface area contributed by atoms with E-state index in [1.165, 1.54) is 23.2 Å². The molecule has 0 aromatic heterocycles. The Morgan fingerprint density at radius 2 is 1.84 bits per heavy atom. The molecule has 1 aromatic rings. The zero-order valence-corrected chi connectivity index (χ0v) is 12.7. The molecule has 2 rings (SSSR count). The number of nitrogens with zero attached hydrogens (tertiary/aromatic N) is 2. The molecule has 3 heteroatoms. The van der Waals surface area contributed by atoms with E-state index in [1.807, 2.05) is 0 Å². The third-order valence-electron chi connectivity index (χ3n) is 4.29. The van der Waals surface area contributed by atoms with Gasteiger partial charge in [0.25, 0.3) is 0 Å². The van der Waals surface area contributed by atoms with Crippen LogP contribution in [0.2, 0.25) is 0 Å². The maximum atomic E-state index is 6.02. The summed E-state index contributed by atoms with van der Waals surface area (Å²) in [6, 6.07) is 7.84. The molecule has 1 aliphatic heterocycles. The van der Waals surface area contributed by atoms with Crippen LogP contribution >= 0.6 is 0 Å². The number of hydrogen-bond donors (Lipinski definition) is 1. The van der Waals surface area contributed by atoms with Crippen LogP contribution in [0, 0.1) is 13.8 Å². The van der Waals surface area contributed by atoms with Gasteiger partial charge in [-0.2, -0.15) is 0 Å². The van der Waals surface area contributed by atoms with Crippen molar-refractivity contribution in [3.05, 3.63) is 29.3 Å². The number of aryl methyl sites for hydroxylation is 2. The Morgan fingerprint density at radius 3 is 2.42 bits per heavy atom. The van der Waals surface area contributed by atoms with Crippen molar-refractivity contribution in [1.29, 1.82) is 0 Å². The van der Waals surface area contributed by atoms with E-state index in [-0.39, 0.29) is 0 Å². The largest absolute Gasteiger partial charge is 0.366 e. The van der Waals surface area contributed by atoms with Crippen LogP contribution in [0.25, 0.3) is 0 Å². The molecule has 0 spiro atoms. The summed E-state index contributed by atoms with van der Waals surface area (Å²) in [5.41, 5.74) is 10.0. The van der Waals surface area contributed by atoms with Gasteiger partial charge in [-0.05, 0) is 57.5 Å². The van der Waals surface area contributed by atoms with Gasteiger partial charge in [0.15, 0.2) is 0 Å². The van der Waals surface area contributed by atoms with Gasteiger partial charge in [-0.25, -0.2) is 0 Å². The smallest absolute Gasteiger partial charge is 0.0539 e. The van der Waals surface area contributed by atoms with Crippen molar-refractivity contribution in [2.45, 2.75) is 39.3 Å². The summed E-state index contributed by atoms with van der Waals surface area (Å²) in [7, 11) is 2.21. The molecule has 1 heterocycles. The Kier molecular flexibility index (Phi) is 4.48. The Balaban J connectivity index is 2.29. The van der Waals surface area contributed by atoms with Gasteiger partial charge < -0.3 is 15.5 Å². The SMILES string of the molecule is Cc1cc(C)cc(N2CCC(C)N(C)CC2CN)c1. The van der Waals surface area contributed by atoms with Gasteiger partial charge in [0, 0.05) is 31.4 Å². The average Bonchev–Trinajstić information content (AvgIpc) is 2.48. The van der Waals surface area contributed by atoms with E-state index in [2.05, 4.69) is 55.8 Å². The van der Waals surface area contributed by atoms with E-state index in [0.29, 0.717) is 18.6 Å². The second kappa shape index (κ2) is 5.93. The first-order valence-corrected chi connectivity index (χ1v) is 7.26. The lowest BCUT2D eigenvalue weighted by atomic mass is 10.1. The highest BCUT2D eigenvalue weighted by molar-refractivity contribution is 5.52. The number of likely N-dealkylation sites (N-methyl/N-ethyl adjacent to an activating group) is 1. The first-order valence-electron chi connectivity index (χ1n) is 7.26. The van der Waals surface area contributed by atoms with Crippen LogP contribution in [0.15, 0.2) is 18.2 Å². The third kappa shape index (κ3) is 3.28. The number of hydrogen-bond acceptors (Lipinski definition) is 3. The Bertz CT molecular complexity index is 410. The minimum atomic E-state index is 0.413. The Hall–Kier alpha value is -1.06. The summed E-state index contributed by atoms with van der Waals surface area (Å²) in [5.74, 6) is 0.